The molecular weight excluding hydrogens is 411 g/mol. The number of hydrogen-bond acceptors (Lipinski definition) is 6. The van der Waals surface area contributed by atoms with Crippen LogP contribution in [0, 0.1) is 5.82 Å². The second-order valence-electron chi connectivity index (χ2n) is 7.16. The first-order valence-corrected chi connectivity index (χ1v) is 9.91. The van der Waals surface area contributed by atoms with Crippen LogP contribution in [0.5, 0.6) is 11.5 Å². The Bertz CT molecular complexity index is 1360. The van der Waals surface area contributed by atoms with Crippen molar-refractivity contribution in [3.8, 4) is 45.5 Å². The minimum atomic E-state index is -0.348. The van der Waals surface area contributed by atoms with Gasteiger partial charge in [-0.25, -0.2) is 14.4 Å². The van der Waals surface area contributed by atoms with Crippen LogP contribution in [0.1, 0.15) is 5.76 Å². The van der Waals surface area contributed by atoms with Crippen LogP contribution < -0.4 is 9.47 Å². The van der Waals surface area contributed by atoms with E-state index in [1.807, 2.05) is 41.2 Å². The third-order valence-electron chi connectivity index (χ3n) is 5.12. The van der Waals surface area contributed by atoms with Gasteiger partial charge in [0.05, 0.1) is 32.0 Å². The van der Waals surface area contributed by atoms with Crippen molar-refractivity contribution in [2.24, 2.45) is 0 Å². The highest BCUT2D eigenvalue weighted by atomic mass is 19.1. The molecule has 0 unspecified atom stereocenters. The molecule has 0 saturated heterocycles. The van der Waals surface area contributed by atoms with Gasteiger partial charge in [0, 0.05) is 30.1 Å². The number of benzene rings is 2. The van der Waals surface area contributed by atoms with Crippen molar-refractivity contribution in [1.29, 1.82) is 0 Å². The zero-order valence-electron chi connectivity index (χ0n) is 17.4. The van der Waals surface area contributed by atoms with Gasteiger partial charge in [-0.1, -0.05) is 17.3 Å². The number of halogens is 1. The van der Waals surface area contributed by atoms with Gasteiger partial charge in [0.2, 0.25) is 0 Å². The molecule has 5 rings (SSSR count). The molecule has 0 bridgehead atoms. The maximum atomic E-state index is 14.1. The van der Waals surface area contributed by atoms with Crippen LogP contribution in [0.25, 0.3) is 34.0 Å². The summed E-state index contributed by atoms with van der Waals surface area (Å²) in [7, 11) is 3.20. The number of rotatable bonds is 6. The predicted octanol–water partition coefficient (Wildman–Crippen LogP) is 4.91. The number of methoxy groups -OCH3 is 2. The maximum absolute atomic E-state index is 14.1. The van der Waals surface area contributed by atoms with Gasteiger partial charge in [0.15, 0.2) is 11.6 Å². The Balaban J connectivity index is 1.41. The summed E-state index contributed by atoms with van der Waals surface area (Å²) in [6.07, 6.45) is 3.72. The molecule has 2 aliphatic rings. The average Bonchev–Trinajstić information content (AvgIpc) is 3.45. The van der Waals surface area contributed by atoms with Crippen LogP contribution in [-0.4, -0.2) is 33.9 Å². The Labute approximate surface area is 183 Å². The fourth-order valence-corrected chi connectivity index (χ4v) is 3.52. The van der Waals surface area contributed by atoms with Crippen LogP contribution in [0.2, 0.25) is 0 Å². The Morgan fingerprint density at radius 2 is 1.75 bits per heavy atom. The van der Waals surface area contributed by atoms with E-state index < -0.39 is 0 Å². The Kier molecular flexibility index (Phi) is 5.03. The molecule has 2 aliphatic heterocycles. The molecule has 0 spiro atoms. The first-order valence-electron chi connectivity index (χ1n) is 9.91. The number of hydrogen-bond donors (Lipinski definition) is 0. The van der Waals surface area contributed by atoms with Gasteiger partial charge in [0.25, 0.3) is 0 Å². The summed E-state index contributed by atoms with van der Waals surface area (Å²) in [6.45, 7) is 0.448. The van der Waals surface area contributed by atoms with Crippen molar-refractivity contribution < 1.29 is 18.4 Å². The van der Waals surface area contributed by atoms with Crippen molar-refractivity contribution in [3.05, 3.63) is 78.6 Å². The highest BCUT2D eigenvalue weighted by Gasteiger charge is 2.16. The summed E-state index contributed by atoms with van der Waals surface area (Å²) in [5, 5.41) is 4.18. The third-order valence-corrected chi connectivity index (χ3v) is 5.12. The van der Waals surface area contributed by atoms with Crippen molar-refractivity contribution >= 4 is 0 Å². The average molecular weight is 430 g/mol. The molecule has 3 heterocycles. The van der Waals surface area contributed by atoms with E-state index in [1.54, 1.807) is 38.5 Å². The van der Waals surface area contributed by atoms with E-state index in [1.165, 1.54) is 6.07 Å². The monoisotopic (exact) mass is 430 g/mol. The predicted molar refractivity (Wildman–Crippen MR) is 116 cm³/mol. The lowest BCUT2D eigenvalue weighted by Gasteiger charge is -2.07. The molecule has 160 valence electrons. The van der Waals surface area contributed by atoms with Gasteiger partial charge in [-0.3, -0.25) is 0 Å². The normalized spacial score (nSPS) is 11.1. The van der Waals surface area contributed by atoms with E-state index in [0.717, 1.165) is 5.56 Å². The molecular formula is C24H19FN4O3. The second-order valence-corrected chi connectivity index (χ2v) is 7.16. The van der Waals surface area contributed by atoms with E-state index in [0.29, 0.717) is 52.3 Å². The molecule has 7 nitrogen and oxygen atoms in total. The molecule has 0 amide bonds. The molecule has 3 aromatic rings. The number of fused-ring (bicyclic) bond motifs is 1. The first-order chi connectivity index (χ1) is 15.6. The van der Waals surface area contributed by atoms with E-state index >= 15 is 0 Å². The summed E-state index contributed by atoms with van der Waals surface area (Å²) in [6, 6.07) is 15.7. The number of ether oxygens (including phenoxy) is 2. The van der Waals surface area contributed by atoms with Gasteiger partial charge in [-0.05, 0) is 30.3 Å². The van der Waals surface area contributed by atoms with Crippen LogP contribution in [0.4, 0.5) is 4.39 Å². The lowest BCUT2D eigenvalue weighted by molar-refractivity contribution is 0.376. The van der Waals surface area contributed by atoms with Crippen LogP contribution >= 0.6 is 0 Å². The molecule has 1 aromatic heterocycles. The van der Waals surface area contributed by atoms with E-state index in [4.69, 9.17) is 14.0 Å². The summed E-state index contributed by atoms with van der Waals surface area (Å²) in [4.78, 5) is 8.94. The van der Waals surface area contributed by atoms with Crippen molar-refractivity contribution in [2.75, 3.05) is 14.2 Å². The Hall–Kier alpha value is -4.20. The Morgan fingerprint density at radius 1 is 0.906 bits per heavy atom. The van der Waals surface area contributed by atoms with Gasteiger partial charge in [-0.15, -0.1) is 0 Å². The maximum Gasteiger partial charge on any atom is 0.163 e. The molecule has 2 aromatic carbocycles. The lowest BCUT2D eigenvalue weighted by Crippen LogP contribution is -1.99. The molecule has 0 saturated carbocycles. The fraction of sp³-hybridized carbons (Fsp3) is 0.125. The molecule has 0 N–H and O–H groups in total. The van der Waals surface area contributed by atoms with E-state index in [2.05, 4.69) is 15.1 Å². The molecule has 8 heteroatoms. The van der Waals surface area contributed by atoms with Crippen LogP contribution in [-0.2, 0) is 6.54 Å². The van der Waals surface area contributed by atoms with Gasteiger partial charge in [0.1, 0.15) is 28.7 Å². The highest BCUT2D eigenvalue weighted by Crippen LogP contribution is 2.33. The molecule has 0 aliphatic carbocycles. The minimum Gasteiger partial charge on any atom is -0.497 e. The highest BCUT2D eigenvalue weighted by molar-refractivity contribution is 5.68. The van der Waals surface area contributed by atoms with Crippen molar-refractivity contribution in [1.82, 2.24) is 19.7 Å². The summed E-state index contributed by atoms with van der Waals surface area (Å²) in [5.74, 6) is 2.02. The van der Waals surface area contributed by atoms with Gasteiger partial charge in [-0.2, -0.15) is 0 Å². The Morgan fingerprint density at radius 3 is 2.56 bits per heavy atom. The van der Waals surface area contributed by atoms with E-state index in [9.17, 15) is 4.39 Å². The summed E-state index contributed by atoms with van der Waals surface area (Å²) < 4.78 is 32.2. The molecule has 0 atom stereocenters. The van der Waals surface area contributed by atoms with Gasteiger partial charge >= 0.3 is 0 Å². The van der Waals surface area contributed by atoms with Crippen molar-refractivity contribution in [2.45, 2.75) is 6.54 Å². The number of nitrogens with zero attached hydrogens (tertiary/aromatic N) is 4. The summed E-state index contributed by atoms with van der Waals surface area (Å²) in [5.41, 5.74) is 3.21. The fourth-order valence-electron chi connectivity index (χ4n) is 3.52. The van der Waals surface area contributed by atoms with Crippen LogP contribution in [0.3, 0.4) is 0 Å². The topological polar surface area (TPSA) is 75.2 Å². The SMILES string of the molecule is COc1ccc(-c2cc(Cn3ccc4nc(-c5ccccc5F)nc-4c3)on2)c(OC)c1. The lowest BCUT2D eigenvalue weighted by atomic mass is 10.1. The smallest absolute Gasteiger partial charge is 0.163 e. The molecule has 0 fully saturated rings. The number of aromatic nitrogens is 4. The summed E-state index contributed by atoms with van der Waals surface area (Å²) >= 11 is 0. The van der Waals surface area contributed by atoms with Crippen molar-refractivity contribution in [3.63, 3.8) is 0 Å². The molecule has 0 radical (unpaired) electrons. The van der Waals surface area contributed by atoms with E-state index in [-0.39, 0.29) is 5.82 Å². The zero-order chi connectivity index (χ0) is 22.1. The van der Waals surface area contributed by atoms with Crippen LogP contribution in [0.15, 0.2) is 71.5 Å². The zero-order valence-corrected chi connectivity index (χ0v) is 17.4. The number of pyridine rings is 1. The quantitative estimate of drug-likeness (QED) is 0.381. The number of imidazole rings is 1. The second kappa shape index (κ2) is 8.14. The largest absolute Gasteiger partial charge is 0.497 e. The molecule has 32 heavy (non-hydrogen) atoms. The first kappa shape index (κ1) is 19.7. The standard InChI is InChI=1S/C24H19FN4O3/c1-30-15-7-8-18(23(12-15)31-2)21-11-16(32-28-21)13-29-10-9-20-22(14-29)27-24(26-20)17-5-3-4-6-19(17)25/h3-12,14H,13H2,1-2H3. The van der Waals surface area contributed by atoms with Gasteiger partial charge < -0.3 is 18.6 Å². The minimum absolute atomic E-state index is 0.348. The third kappa shape index (κ3) is 3.66.